The fraction of sp³-hybridized carbons (Fsp3) is 0.571. The van der Waals surface area contributed by atoms with Crippen LogP contribution in [0.2, 0.25) is 0 Å². The SMILES string of the molecule is Cc1cc2c(NCC(C)N(C)C3CC3)nc(N)nc2s1. The zero-order valence-electron chi connectivity index (χ0n) is 12.2. The van der Waals surface area contributed by atoms with Crippen LogP contribution in [-0.4, -0.2) is 40.5 Å². The Kier molecular flexibility index (Phi) is 3.52. The highest BCUT2D eigenvalue weighted by Crippen LogP contribution is 2.30. The van der Waals surface area contributed by atoms with Crippen molar-refractivity contribution in [3.8, 4) is 0 Å². The Balaban J connectivity index is 1.76. The lowest BCUT2D eigenvalue weighted by Crippen LogP contribution is -2.36. The maximum atomic E-state index is 5.79. The van der Waals surface area contributed by atoms with E-state index in [1.807, 2.05) is 0 Å². The van der Waals surface area contributed by atoms with E-state index in [1.54, 1.807) is 11.3 Å². The monoisotopic (exact) mass is 291 g/mol. The lowest BCUT2D eigenvalue weighted by Gasteiger charge is -2.24. The molecule has 1 atom stereocenters. The third-order valence-corrected chi connectivity index (χ3v) is 4.86. The predicted octanol–water partition coefficient (Wildman–Crippen LogP) is 2.48. The minimum Gasteiger partial charge on any atom is -0.368 e. The number of nitrogen functional groups attached to an aromatic ring is 1. The van der Waals surface area contributed by atoms with Gasteiger partial charge in [0.15, 0.2) is 0 Å². The number of likely N-dealkylation sites (N-methyl/N-ethyl adjacent to an activating group) is 1. The second-order valence-corrected chi connectivity index (χ2v) is 6.87. The number of fused-ring (bicyclic) bond motifs is 1. The van der Waals surface area contributed by atoms with Crippen molar-refractivity contribution >= 4 is 33.3 Å². The average molecular weight is 291 g/mol. The second kappa shape index (κ2) is 5.18. The Morgan fingerprint density at radius 1 is 1.50 bits per heavy atom. The summed E-state index contributed by atoms with van der Waals surface area (Å²) in [5.41, 5.74) is 5.79. The van der Waals surface area contributed by atoms with Crippen molar-refractivity contribution in [2.75, 3.05) is 24.6 Å². The minimum atomic E-state index is 0.338. The number of anilines is 2. The van der Waals surface area contributed by atoms with E-state index in [0.717, 1.165) is 28.6 Å². The Labute approximate surface area is 123 Å². The van der Waals surface area contributed by atoms with E-state index >= 15 is 0 Å². The summed E-state index contributed by atoms with van der Waals surface area (Å²) in [6, 6.07) is 3.37. The molecule has 3 N–H and O–H groups in total. The van der Waals surface area contributed by atoms with Gasteiger partial charge in [-0.2, -0.15) is 4.98 Å². The lowest BCUT2D eigenvalue weighted by atomic mass is 10.2. The van der Waals surface area contributed by atoms with Crippen LogP contribution in [0.3, 0.4) is 0 Å². The molecule has 2 aromatic heterocycles. The number of thiophene rings is 1. The van der Waals surface area contributed by atoms with E-state index in [9.17, 15) is 0 Å². The maximum absolute atomic E-state index is 5.79. The highest BCUT2D eigenvalue weighted by molar-refractivity contribution is 7.18. The largest absolute Gasteiger partial charge is 0.368 e. The molecule has 20 heavy (non-hydrogen) atoms. The Hall–Kier alpha value is -1.40. The molecule has 1 fully saturated rings. The van der Waals surface area contributed by atoms with E-state index in [4.69, 9.17) is 5.73 Å². The normalized spacial score (nSPS) is 16.8. The molecule has 0 bridgehead atoms. The molecule has 2 heterocycles. The number of aryl methyl sites for hydroxylation is 1. The van der Waals surface area contributed by atoms with Crippen molar-refractivity contribution in [1.29, 1.82) is 0 Å². The zero-order chi connectivity index (χ0) is 14.3. The van der Waals surface area contributed by atoms with Gasteiger partial charge in [0, 0.05) is 23.5 Å². The van der Waals surface area contributed by atoms with Gasteiger partial charge in [-0.05, 0) is 39.8 Å². The van der Waals surface area contributed by atoms with Crippen molar-refractivity contribution in [3.63, 3.8) is 0 Å². The molecule has 0 amide bonds. The molecule has 3 rings (SSSR count). The standard InChI is InChI=1S/C14H21N5S/c1-8(19(3)10-4-5-10)7-16-12-11-6-9(2)20-13(11)18-14(15)17-12/h6,8,10H,4-5,7H2,1-3H3,(H3,15,16,17,18). The molecule has 0 radical (unpaired) electrons. The molecule has 6 heteroatoms. The van der Waals surface area contributed by atoms with Crippen LogP contribution < -0.4 is 11.1 Å². The minimum absolute atomic E-state index is 0.338. The van der Waals surface area contributed by atoms with Crippen LogP contribution in [0.4, 0.5) is 11.8 Å². The Morgan fingerprint density at radius 3 is 2.95 bits per heavy atom. The van der Waals surface area contributed by atoms with Gasteiger partial charge in [0.25, 0.3) is 0 Å². The molecule has 1 saturated carbocycles. The number of nitrogens with two attached hydrogens (primary N) is 1. The highest BCUT2D eigenvalue weighted by atomic mass is 32.1. The average Bonchev–Trinajstić information content (AvgIpc) is 3.17. The summed E-state index contributed by atoms with van der Waals surface area (Å²) in [6.07, 6.45) is 2.66. The van der Waals surface area contributed by atoms with Crippen LogP contribution in [0.5, 0.6) is 0 Å². The molecule has 1 aliphatic rings. The molecule has 1 unspecified atom stereocenters. The Morgan fingerprint density at radius 2 is 2.25 bits per heavy atom. The summed E-state index contributed by atoms with van der Waals surface area (Å²) in [5.74, 6) is 1.19. The fourth-order valence-corrected chi connectivity index (χ4v) is 3.31. The van der Waals surface area contributed by atoms with Gasteiger partial charge in [0.1, 0.15) is 10.6 Å². The topological polar surface area (TPSA) is 67.1 Å². The summed E-state index contributed by atoms with van der Waals surface area (Å²) in [5, 5.41) is 4.51. The molecule has 0 spiro atoms. The molecule has 108 valence electrons. The first kappa shape index (κ1) is 13.6. The number of aromatic nitrogens is 2. The van der Waals surface area contributed by atoms with Crippen LogP contribution in [0.15, 0.2) is 6.07 Å². The summed E-state index contributed by atoms with van der Waals surface area (Å²) in [7, 11) is 2.20. The third kappa shape index (κ3) is 2.71. The maximum Gasteiger partial charge on any atom is 0.223 e. The van der Waals surface area contributed by atoms with E-state index in [1.165, 1.54) is 17.7 Å². The smallest absolute Gasteiger partial charge is 0.223 e. The Bertz CT molecular complexity index is 619. The highest BCUT2D eigenvalue weighted by Gasteiger charge is 2.29. The van der Waals surface area contributed by atoms with E-state index in [-0.39, 0.29) is 0 Å². The number of nitrogens with zero attached hydrogens (tertiary/aromatic N) is 3. The first-order valence-electron chi connectivity index (χ1n) is 7.04. The number of nitrogens with one attached hydrogen (secondary N) is 1. The van der Waals surface area contributed by atoms with Crippen molar-refractivity contribution in [1.82, 2.24) is 14.9 Å². The summed E-state index contributed by atoms with van der Waals surface area (Å²) in [6.45, 7) is 5.19. The molecule has 2 aromatic rings. The molecule has 0 aromatic carbocycles. The molecular weight excluding hydrogens is 270 g/mol. The van der Waals surface area contributed by atoms with Gasteiger partial charge in [0.2, 0.25) is 5.95 Å². The third-order valence-electron chi connectivity index (χ3n) is 3.92. The predicted molar refractivity (Wildman–Crippen MR) is 85.3 cm³/mol. The van der Waals surface area contributed by atoms with Gasteiger partial charge in [-0.25, -0.2) is 4.98 Å². The van der Waals surface area contributed by atoms with Gasteiger partial charge in [0.05, 0.1) is 5.39 Å². The molecule has 1 aliphatic carbocycles. The second-order valence-electron chi connectivity index (χ2n) is 5.63. The summed E-state index contributed by atoms with van der Waals surface area (Å²) in [4.78, 5) is 13.3. The number of rotatable bonds is 5. The van der Waals surface area contributed by atoms with Crippen LogP contribution in [0.25, 0.3) is 10.2 Å². The summed E-state index contributed by atoms with van der Waals surface area (Å²) < 4.78 is 0. The zero-order valence-corrected chi connectivity index (χ0v) is 13.0. The molecular formula is C14H21N5S. The van der Waals surface area contributed by atoms with Crippen LogP contribution in [0, 0.1) is 6.92 Å². The van der Waals surface area contributed by atoms with Crippen LogP contribution in [0.1, 0.15) is 24.6 Å². The van der Waals surface area contributed by atoms with Crippen LogP contribution >= 0.6 is 11.3 Å². The van der Waals surface area contributed by atoms with E-state index in [0.29, 0.717) is 12.0 Å². The van der Waals surface area contributed by atoms with Crippen molar-refractivity contribution in [3.05, 3.63) is 10.9 Å². The van der Waals surface area contributed by atoms with E-state index in [2.05, 4.69) is 47.1 Å². The van der Waals surface area contributed by atoms with E-state index < -0.39 is 0 Å². The van der Waals surface area contributed by atoms with Gasteiger partial charge in [-0.3, -0.25) is 4.90 Å². The van der Waals surface area contributed by atoms with Gasteiger partial charge in [-0.1, -0.05) is 0 Å². The van der Waals surface area contributed by atoms with Crippen LogP contribution in [-0.2, 0) is 0 Å². The van der Waals surface area contributed by atoms with Gasteiger partial charge >= 0.3 is 0 Å². The van der Waals surface area contributed by atoms with Gasteiger partial charge in [-0.15, -0.1) is 11.3 Å². The number of hydrogen-bond acceptors (Lipinski definition) is 6. The lowest BCUT2D eigenvalue weighted by molar-refractivity contribution is 0.257. The molecule has 5 nitrogen and oxygen atoms in total. The van der Waals surface area contributed by atoms with Gasteiger partial charge < -0.3 is 11.1 Å². The first-order chi connectivity index (χ1) is 9.54. The quantitative estimate of drug-likeness (QED) is 0.886. The van der Waals surface area contributed by atoms with Crippen molar-refractivity contribution in [2.45, 2.75) is 38.8 Å². The summed E-state index contributed by atoms with van der Waals surface area (Å²) >= 11 is 1.65. The number of hydrogen-bond donors (Lipinski definition) is 2. The molecule has 0 saturated heterocycles. The van der Waals surface area contributed by atoms with Crippen molar-refractivity contribution in [2.24, 2.45) is 0 Å². The fourth-order valence-electron chi connectivity index (χ4n) is 2.42. The molecule has 0 aliphatic heterocycles. The first-order valence-corrected chi connectivity index (χ1v) is 7.85. The van der Waals surface area contributed by atoms with Crippen molar-refractivity contribution < 1.29 is 0 Å².